The van der Waals surface area contributed by atoms with Crippen LogP contribution in [0, 0.1) is 21.4 Å². The summed E-state index contributed by atoms with van der Waals surface area (Å²) >= 11 is 0. The highest BCUT2D eigenvalue weighted by atomic mass is 16.6. The Balaban J connectivity index is 2.22. The second-order valence-corrected chi connectivity index (χ2v) is 5.28. The molecule has 1 aliphatic heterocycles. The van der Waals surface area contributed by atoms with Crippen molar-refractivity contribution in [3.05, 3.63) is 45.4 Å². The fourth-order valence-corrected chi connectivity index (χ4v) is 1.95. The standard InChI is InChI=1S/C12H16N2O2/c1-12(2,3)11-6-8-4-5-9(14(15)16)7-10(8)13-11/h5-8,13H,4H2,1-3H3. The molecule has 0 aromatic heterocycles. The molecule has 0 fully saturated rings. The Labute approximate surface area is 94.9 Å². The van der Waals surface area contributed by atoms with Crippen molar-refractivity contribution in [2.24, 2.45) is 11.3 Å². The van der Waals surface area contributed by atoms with Crippen molar-refractivity contribution in [3.8, 4) is 0 Å². The van der Waals surface area contributed by atoms with Gasteiger partial charge in [-0.3, -0.25) is 10.1 Å². The molecule has 0 spiro atoms. The maximum atomic E-state index is 10.7. The molecule has 2 rings (SSSR count). The Bertz CT molecular complexity index is 425. The van der Waals surface area contributed by atoms with E-state index >= 15 is 0 Å². The molecule has 2 aliphatic rings. The summed E-state index contributed by atoms with van der Waals surface area (Å²) in [6.45, 7) is 6.39. The largest absolute Gasteiger partial charge is 0.361 e. The van der Waals surface area contributed by atoms with E-state index in [1.165, 1.54) is 0 Å². The van der Waals surface area contributed by atoms with E-state index in [0.29, 0.717) is 6.42 Å². The fourth-order valence-electron chi connectivity index (χ4n) is 1.95. The normalized spacial score (nSPS) is 23.9. The van der Waals surface area contributed by atoms with Crippen molar-refractivity contribution in [2.75, 3.05) is 0 Å². The molecule has 1 heterocycles. The van der Waals surface area contributed by atoms with Gasteiger partial charge in [-0.15, -0.1) is 0 Å². The zero-order valence-electron chi connectivity index (χ0n) is 9.78. The maximum absolute atomic E-state index is 10.7. The van der Waals surface area contributed by atoms with Crippen molar-refractivity contribution in [1.82, 2.24) is 5.32 Å². The Kier molecular flexibility index (Phi) is 2.37. The lowest BCUT2D eigenvalue weighted by Crippen LogP contribution is -2.21. The third kappa shape index (κ3) is 1.87. The van der Waals surface area contributed by atoms with Gasteiger partial charge in [-0.2, -0.15) is 0 Å². The molecular formula is C12H16N2O2. The molecule has 86 valence electrons. The first-order chi connectivity index (χ1) is 7.38. The highest BCUT2D eigenvalue weighted by Crippen LogP contribution is 2.36. The molecule has 4 heteroatoms. The second-order valence-electron chi connectivity index (χ2n) is 5.28. The molecule has 4 nitrogen and oxygen atoms in total. The topological polar surface area (TPSA) is 55.2 Å². The number of rotatable bonds is 1. The minimum Gasteiger partial charge on any atom is -0.361 e. The maximum Gasteiger partial charge on any atom is 0.267 e. The summed E-state index contributed by atoms with van der Waals surface area (Å²) in [6.07, 6.45) is 6.23. The van der Waals surface area contributed by atoms with Crippen LogP contribution in [0.15, 0.2) is 35.3 Å². The lowest BCUT2D eigenvalue weighted by Gasteiger charge is -2.21. The van der Waals surface area contributed by atoms with Crippen LogP contribution in [-0.2, 0) is 0 Å². The summed E-state index contributed by atoms with van der Waals surface area (Å²) in [5.41, 5.74) is 2.37. The van der Waals surface area contributed by atoms with Crippen molar-refractivity contribution in [3.63, 3.8) is 0 Å². The van der Waals surface area contributed by atoms with Gasteiger partial charge < -0.3 is 5.32 Å². The average Bonchev–Trinajstić information content (AvgIpc) is 2.58. The van der Waals surface area contributed by atoms with Crippen LogP contribution >= 0.6 is 0 Å². The number of nitrogens with zero attached hydrogens (tertiary/aromatic N) is 1. The predicted molar refractivity (Wildman–Crippen MR) is 61.9 cm³/mol. The van der Waals surface area contributed by atoms with Crippen LogP contribution in [0.3, 0.4) is 0 Å². The van der Waals surface area contributed by atoms with Crippen LogP contribution in [-0.4, -0.2) is 4.92 Å². The summed E-state index contributed by atoms with van der Waals surface area (Å²) in [7, 11) is 0. The van der Waals surface area contributed by atoms with Crippen LogP contribution in [0.4, 0.5) is 0 Å². The minimum atomic E-state index is -0.333. The summed E-state index contributed by atoms with van der Waals surface area (Å²) in [5.74, 6) is 0.290. The number of allylic oxidation sites excluding steroid dienone is 4. The zero-order chi connectivity index (χ0) is 11.9. The third-order valence-corrected chi connectivity index (χ3v) is 2.95. The van der Waals surface area contributed by atoms with E-state index in [4.69, 9.17) is 0 Å². The molecule has 0 radical (unpaired) electrons. The van der Waals surface area contributed by atoms with E-state index in [1.807, 2.05) is 0 Å². The monoisotopic (exact) mass is 220 g/mol. The molecule has 1 atom stereocenters. The summed E-state index contributed by atoms with van der Waals surface area (Å²) in [5, 5.41) is 14.0. The van der Waals surface area contributed by atoms with Gasteiger partial charge in [-0.25, -0.2) is 0 Å². The lowest BCUT2D eigenvalue weighted by molar-refractivity contribution is -0.419. The molecule has 16 heavy (non-hydrogen) atoms. The smallest absolute Gasteiger partial charge is 0.267 e. The van der Waals surface area contributed by atoms with Gasteiger partial charge in [0, 0.05) is 28.8 Å². The van der Waals surface area contributed by atoms with E-state index < -0.39 is 0 Å². The number of nitrogens with one attached hydrogen (secondary N) is 1. The van der Waals surface area contributed by atoms with E-state index in [9.17, 15) is 10.1 Å². The van der Waals surface area contributed by atoms with Crippen molar-refractivity contribution < 1.29 is 4.92 Å². The fraction of sp³-hybridized carbons (Fsp3) is 0.500. The van der Waals surface area contributed by atoms with Gasteiger partial charge in [0.1, 0.15) is 0 Å². The van der Waals surface area contributed by atoms with Gasteiger partial charge in [-0.05, 0) is 12.5 Å². The van der Waals surface area contributed by atoms with Gasteiger partial charge in [0.25, 0.3) is 5.70 Å². The molecule has 0 aromatic carbocycles. The molecule has 0 amide bonds. The molecule has 1 aliphatic carbocycles. The first-order valence-electron chi connectivity index (χ1n) is 5.43. The third-order valence-electron chi connectivity index (χ3n) is 2.95. The predicted octanol–water partition coefficient (Wildman–Crippen LogP) is 2.58. The first kappa shape index (κ1) is 10.9. The summed E-state index contributed by atoms with van der Waals surface area (Å²) in [4.78, 5) is 10.3. The highest BCUT2D eigenvalue weighted by molar-refractivity contribution is 5.36. The molecule has 0 aromatic rings. The quantitative estimate of drug-likeness (QED) is 0.546. The van der Waals surface area contributed by atoms with E-state index in [1.54, 1.807) is 12.2 Å². The minimum absolute atomic E-state index is 0.0625. The van der Waals surface area contributed by atoms with Crippen molar-refractivity contribution >= 4 is 0 Å². The van der Waals surface area contributed by atoms with Gasteiger partial charge in [0.05, 0.1) is 4.92 Å². The number of fused-ring (bicyclic) bond motifs is 1. The Morgan fingerprint density at radius 2 is 2.19 bits per heavy atom. The van der Waals surface area contributed by atoms with Crippen LogP contribution in [0.1, 0.15) is 27.2 Å². The van der Waals surface area contributed by atoms with E-state index in [2.05, 4.69) is 32.2 Å². The Morgan fingerprint density at radius 1 is 1.50 bits per heavy atom. The summed E-state index contributed by atoms with van der Waals surface area (Å²) in [6, 6.07) is 0. The number of hydrogen-bond acceptors (Lipinski definition) is 3. The second kappa shape index (κ2) is 3.47. The summed E-state index contributed by atoms with van der Waals surface area (Å²) < 4.78 is 0. The molecule has 1 unspecified atom stereocenters. The van der Waals surface area contributed by atoms with Crippen LogP contribution in [0.2, 0.25) is 0 Å². The van der Waals surface area contributed by atoms with E-state index in [0.717, 1.165) is 11.4 Å². The molecule has 0 saturated heterocycles. The van der Waals surface area contributed by atoms with Crippen LogP contribution < -0.4 is 5.32 Å². The number of hydrogen-bond donors (Lipinski definition) is 1. The zero-order valence-corrected chi connectivity index (χ0v) is 9.78. The van der Waals surface area contributed by atoms with Gasteiger partial charge in [0.15, 0.2) is 0 Å². The van der Waals surface area contributed by atoms with Gasteiger partial charge in [0.2, 0.25) is 0 Å². The molecule has 0 saturated carbocycles. The van der Waals surface area contributed by atoms with E-state index in [-0.39, 0.29) is 22.0 Å². The molecule has 1 N–H and O–H groups in total. The van der Waals surface area contributed by atoms with Gasteiger partial charge in [-0.1, -0.05) is 26.8 Å². The van der Waals surface area contributed by atoms with Crippen LogP contribution in [0.25, 0.3) is 0 Å². The highest BCUT2D eigenvalue weighted by Gasteiger charge is 2.30. The van der Waals surface area contributed by atoms with Gasteiger partial charge >= 0.3 is 0 Å². The van der Waals surface area contributed by atoms with Crippen LogP contribution in [0.5, 0.6) is 0 Å². The SMILES string of the molecule is CC(C)(C)C1=CC2CC=C([N+](=O)[O-])C=C2N1. The Morgan fingerprint density at radius 3 is 2.75 bits per heavy atom. The average molecular weight is 220 g/mol. The first-order valence-corrected chi connectivity index (χ1v) is 5.43. The van der Waals surface area contributed by atoms with Crippen molar-refractivity contribution in [1.29, 1.82) is 0 Å². The molecule has 0 bridgehead atoms. The lowest BCUT2D eigenvalue weighted by atomic mass is 9.91. The Hall–Kier alpha value is -1.58. The number of nitro groups is 1. The molecular weight excluding hydrogens is 204 g/mol. The van der Waals surface area contributed by atoms with Crippen molar-refractivity contribution in [2.45, 2.75) is 27.2 Å².